The van der Waals surface area contributed by atoms with Crippen molar-refractivity contribution in [2.75, 3.05) is 19.0 Å². The molecule has 1 aromatic heterocycles. The highest BCUT2D eigenvalue weighted by molar-refractivity contribution is 6.42. The summed E-state index contributed by atoms with van der Waals surface area (Å²) >= 11 is 11.9. The maximum Gasteiger partial charge on any atom is 0.246 e. The molecule has 0 radical (unpaired) electrons. The first-order chi connectivity index (χ1) is 16.9. The van der Waals surface area contributed by atoms with Gasteiger partial charge in [0, 0.05) is 36.9 Å². The Balaban J connectivity index is 1.65. The number of rotatable bonds is 7. The van der Waals surface area contributed by atoms with Crippen molar-refractivity contribution in [3.8, 4) is 11.5 Å². The Morgan fingerprint density at radius 3 is 2.83 bits per heavy atom. The Hall–Kier alpha value is -3.10. The van der Waals surface area contributed by atoms with E-state index in [-0.39, 0.29) is 33.8 Å². The Morgan fingerprint density at radius 2 is 2.11 bits per heavy atom. The predicted molar refractivity (Wildman–Crippen MR) is 135 cm³/mol. The molecule has 2 aromatic carbocycles. The molecule has 0 saturated carbocycles. The van der Waals surface area contributed by atoms with Crippen LogP contribution < -0.4 is 14.8 Å². The zero-order valence-electron chi connectivity index (χ0n) is 19.4. The third kappa shape index (κ3) is 5.13. The Kier molecular flexibility index (Phi) is 7.62. The highest BCUT2D eigenvalue weighted by Gasteiger charge is 2.31. The van der Waals surface area contributed by atoms with Gasteiger partial charge < -0.3 is 19.7 Å². The average molecular weight is 519 g/mol. The standard InChI is InChI=1S/C25H25Cl2FN4O3/c1-4-14-10-15(8-9-32(14)22(33)5-2)35-21-11-16-19(12-20(21)34-3)29-13-30-25(16)31-18-7-6-17(26)23(27)24(18)28/h5-7,11-15H,2,4,8-10H2,1,3H3,(H,29,30,31)/t14-,15+/m1/s1. The van der Waals surface area contributed by atoms with Crippen LogP contribution in [0.4, 0.5) is 15.9 Å². The van der Waals surface area contributed by atoms with E-state index < -0.39 is 5.82 Å². The van der Waals surface area contributed by atoms with Gasteiger partial charge >= 0.3 is 0 Å². The van der Waals surface area contributed by atoms with Gasteiger partial charge in [0.25, 0.3) is 0 Å². The summed E-state index contributed by atoms with van der Waals surface area (Å²) in [6.45, 7) is 6.23. The molecular formula is C25H25Cl2FN4O3. The van der Waals surface area contributed by atoms with Gasteiger partial charge in [-0.15, -0.1) is 0 Å². The Bertz CT molecular complexity index is 1270. The smallest absolute Gasteiger partial charge is 0.246 e. The number of amides is 1. The van der Waals surface area contributed by atoms with E-state index in [9.17, 15) is 9.18 Å². The van der Waals surface area contributed by atoms with E-state index in [4.69, 9.17) is 32.7 Å². The van der Waals surface area contributed by atoms with E-state index in [0.29, 0.717) is 47.6 Å². The number of carbonyl (C=O) groups is 1. The molecule has 0 aliphatic carbocycles. The first kappa shape index (κ1) is 25.0. The van der Waals surface area contributed by atoms with Crippen molar-refractivity contribution in [2.24, 2.45) is 0 Å². The number of halogens is 3. The minimum Gasteiger partial charge on any atom is -0.493 e. The summed E-state index contributed by atoms with van der Waals surface area (Å²) in [5.74, 6) is 0.650. The fourth-order valence-electron chi connectivity index (χ4n) is 4.26. The van der Waals surface area contributed by atoms with E-state index in [2.05, 4.69) is 21.9 Å². The molecule has 184 valence electrons. The topological polar surface area (TPSA) is 76.6 Å². The van der Waals surface area contributed by atoms with Crippen LogP contribution in [0.1, 0.15) is 26.2 Å². The van der Waals surface area contributed by atoms with Crippen molar-refractivity contribution in [2.45, 2.75) is 38.3 Å². The van der Waals surface area contributed by atoms with Crippen LogP contribution in [-0.2, 0) is 4.79 Å². The van der Waals surface area contributed by atoms with Gasteiger partial charge in [0.05, 0.1) is 28.4 Å². The van der Waals surface area contributed by atoms with Crippen LogP contribution in [0.3, 0.4) is 0 Å². The Morgan fingerprint density at radius 1 is 1.31 bits per heavy atom. The van der Waals surface area contributed by atoms with Gasteiger partial charge in [-0.05, 0) is 30.7 Å². The van der Waals surface area contributed by atoms with Crippen LogP contribution in [0.5, 0.6) is 11.5 Å². The molecule has 0 bridgehead atoms. The maximum atomic E-state index is 14.6. The quantitative estimate of drug-likeness (QED) is 0.298. The zero-order chi connectivity index (χ0) is 25.1. The van der Waals surface area contributed by atoms with Crippen LogP contribution in [0, 0.1) is 5.82 Å². The molecule has 1 aliphatic heterocycles. The van der Waals surface area contributed by atoms with Gasteiger partial charge in [-0.1, -0.05) is 36.7 Å². The second kappa shape index (κ2) is 10.7. The summed E-state index contributed by atoms with van der Waals surface area (Å²) in [6.07, 6.45) is 4.77. The van der Waals surface area contributed by atoms with Crippen LogP contribution in [-0.4, -0.2) is 46.6 Å². The second-order valence-corrected chi connectivity index (χ2v) is 8.94. The summed E-state index contributed by atoms with van der Waals surface area (Å²) in [5.41, 5.74) is 0.715. The highest BCUT2D eigenvalue weighted by atomic mass is 35.5. The van der Waals surface area contributed by atoms with Crippen LogP contribution in [0.25, 0.3) is 10.9 Å². The van der Waals surface area contributed by atoms with E-state index in [0.717, 1.165) is 6.42 Å². The van der Waals surface area contributed by atoms with Gasteiger partial charge in [-0.25, -0.2) is 14.4 Å². The van der Waals surface area contributed by atoms with Gasteiger partial charge in [-0.2, -0.15) is 0 Å². The highest BCUT2D eigenvalue weighted by Crippen LogP contribution is 2.38. The van der Waals surface area contributed by atoms with Gasteiger partial charge in [0.15, 0.2) is 17.3 Å². The number of anilines is 2. The number of hydrogen-bond acceptors (Lipinski definition) is 6. The van der Waals surface area contributed by atoms with E-state index in [1.54, 1.807) is 19.2 Å². The lowest BCUT2D eigenvalue weighted by Gasteiger charge is -2.38. The largest absolute Gasteiger partial charge is 0.493 e. The summed E-state index contributed by atoms with van der Waals surface area (Å²) in [5, 5.41) is 3.53. The molecule has 0 unspecified atom stereocenters. The van der Waals surface area contributed by atoms with Crippen molar-refractivity contribution in [1.29, 1.82) is 0 Å². The van der Waals surface area contributed by atoms with Gasteiger partial charge in [0.2, 0.25) is 5.91 Å². The molecule has 2 atom stereocenters. The number of aromatic nitrogens is 2. The van der Waals surface area contributed by atoms with Crippen molar-refractivity contribution in [3.05, 3.63) is 59.1 Å². The third-order valence-corrected chi connectivity index (χ3v) is 6.88. The van der Waals surface area contributed by atoms with Crippen molar-refractivity contribution < 1.29 is 18.7 Å². The molecule has 1 saturated heterocycles. The van der Waals surface area contributed by atoms with Gasteiger partial charge in [-0.3, -0.25) is 4.79 Å². The monoisotopic (exact) mass is 518 g/mol. The maximum absolute atomic E-state index is 14.6. The molecule has 7 nitrogen and oxygen atoms in total. The SMILES string of the molecule is C=CC(=O)N1CC[C@H](Oc2cc3c(Nc4ccc(Cl)c(Cl)c4F)ncnc3cc2OC)C[C@H]1CC. The summed E-state index contributed by atoms with van der Waals surface area (Å²) in [7, 11) is 1.56. The lowest BCUT2D eigenvalue weighted by Crippen LogP contribution is -2.48. The average Bonchev–Trinajstić information content (AvgIpc) is 2.88. The molecule has 0 spiro atoms. The number of carbonyl (C=O) groups excluding carboxylic acids is 1. The molecule has 35 heavy (non-hydrogen) atoms. The molecule has 2 heterocycles. The van der Waals surface area contributed by atoms with Crippen molar-refractivity contribution in [1.82, 2.24) is 14.9 Å². The van der Waals surface area contributed by atoms with E-state index >= 15 is 0 Å². The number of fused-ring (bicyclic) bond motifs is 1. The van der Waals surface area contributed by atoms with Crippen molar-refractivity contribution in [3.63, 3.8) is 0 Å². The second-order valence-electron chi connectivity index (χ2n) is 8.15. The number of ether oxygens (including phenoxy) is 2. The Labute approximate surface area is 212 Å². The first-order valence-corrected chi connectivity index (χ1v) is 11.9. The number of likely N-dealkylation sites (tertiary alicyclic amines) is 1. The zero-order valence-corrected chi connectivity index (χ0v) is 20.9. The number of benzene rings is 2. The lowest BCUT2D eigenvalue weighted by atomic mass is 9.97. The normalized spacial score (nSPS) is 17.8. The summed E-state index contributed by atoms with van der Waals surface area (Å²) in [6, 6.07) is 6.57. The van der Waals surface area contributed by atoms with Crippen LogP contribution in [0.15, 0.2) is 43.2 Å². The van der Waals surface area contributed by atoms with Crippen molar-refractivity contribution >= 4 is 51.5 Å². The lowest BCUT2D eigenvalue weighted by molar-refractivity contribution is -0.131. The number of piperidine rings is 1. The predicted octanol–water partition coefficient (Wildman–Crippen LogP) is 6.16. The minimum atomic E-state index is -0.678. The third-order valence-electron chi connectivity index (χ3n) is 6.10. The molecule has 4 rings (SSSR count). The fourth-order valence-corrected chi connectivity index (χ4v) is 4.57. The number of nitrogens with one attached hydrogen (secondary N) is 1. The van der Waals surface area contributed by atoms with Crippen LogP contribution in [0.2, 0.25) is 10.0 Å². The number of hydrogen-bond donors (Lipinski definition) is 1. The number of nitrogens with zero attached hydrogens (tertiary/aromatic N) is 3. The fraction of sp³-hybridized carbons (Fsp3) is 0.320. The summed E-state index contributed by atoms with van der Waals surface area (Å²) in [4.78, 5) is 22.6. The molecule has 10 heteroatoms. The molecule has 1 aliphatic rings. The molecule has 1 N–H and O–H groups in total. The van der Waals surface area contributed by atoms with Crippen LogP contribution >= 0.6 is 23.2 Å². The molecular weight excluding hydrogens is 494 g/mol. The van der Waals surface area contributed by atoms with E-state index in [1.165, 1.54) is 24.5 Å². The summed E-state index contributed by atoms with van der Waals surface area (Å²) < 4.78 is 26.6. The molecule has 1 amide bonds. The first-order valence-electron chi connectivity index (χ1n) is 11.2. The molecule has 1 fully saturated rings. The van der Waals surface area contributed by atoms with E-state index in [1.807, 2.05) is 11.8 Å². The van der Waals surface area contributed by atoms with Gasteiger partial charge in [0.1, 0.15) is 18.2 Å². The number of methoxy groups -OCH3 is 1. The minimum absolute atomic E-state index is 0.0592. The molecule has 3 aromatic rings.